The van der Waals surface area contributed by atoms with E-state index in [0.29, 0.717) is 48.5 Å². The van der Waals surface area contributed by atoms with Gasteiger partial charge < -0.3 is 18.9 Å². The smallest absolute Gasteiger partial charge is 0.190 e. The molecule has 274 valence electrons. The Labute approximate surface area is 294 Å². The third-order valence-electron chi connectivity index (χ3n) is 8.74. The van der Waals surface area contributed by atoms with Crippen LogP contribution in [0.5, 0.6) is 23.0 Å². The molecule has 4 aromatic carbocycles. The summed E-state index contributed by atoms with van der Waals surface area (Å²) in [6.45, 7) is 4.39. The van der Waals surface area contributed by atoms with Gasteiger partial charge in [-0.25, -0.2) is 35.1 Å². The molecular formula is C37H37BF8O4S. The van der Waals surface area contributed by atoms with Gasteiger partial charge in [-0.1, -0.05) is 54.1 Å². The highest BCUT2D eigenvalue weighted by atomic mass is 32.2. The Hall–Kier alpha value is -4.33. The second kappa shape index (κ2) is 16.8. The molecule has 0 unspecified atom stereocenters. The first-order valence-corrected chi connectivity index (χ1v) is 17.5. The van der Waals surface area contributed by atoms with Crippen LogP contribution in [-0.4, -0.2) is 51.8 Å². The maximum atomic E-state index is 15.2. The van der Waals surface area contributed by atoms with Crippen molar-refractivity contribution in [2.45, 2.75) is 26.7 Å². The fourth-order valence-corrected chi connectivity index (χ4v) is 8.75. The third-order valence-corrected chi connectivity index (χ3v) is 11.1. The predicted octanol–water partition coefficient (Wildman–Crippen LogP) is 6.58. The molecule has 1 aliphatic rings. The van der Waals surface area contributed by atoms with Crippen LogP contribution >= 0.6 is 0 Å². The van der Waals surface area contributed by atoms with Gasteiger partial charge in [0.1, 0.15) is 23.4 Å². The van der Waals surface area contributed by atoms with E-state index in [9.17, 15) is 0 Å². The van der Waals surface area contributed by atoms with Crippen molar-refractivity contribution in [3.8, 4) is 23.0 Å². The van der Waals surface area contributed by atoms with Crippen LogP contribution in [0, 0.1) is 46.5 Å². The number of ether oxygens (including phenoxy) is 4. The predicted molar refractivity (Wildman–Crippen MR) is 187 cm³/mol. The van der Waals surface area contributed by atoms with Gasteiger partial charge >= 0.3 is 0 Å². The van der Waals surface area contributed by atoms with Crippen molar-refractivity contribution in [3.63, 3.8) is 0 Å². The zero-order chi connectivity index (χ0) is 37.6. The van der Waals surface area contributed by atoms with Crippen molar-refractivity contribution in [1.82, 2.24) is 0 Å². The molecule has 4 aromatic rings. The van der Waals surface area contributed by atoms with Crippen LogP contribution in [0.25, 0.3) is 0 Å². The summed E-state index contributed by atoms with van der Waals surface area (Å²) in [6, 6.07) is 5.35. The highest BCUT2D eigenvalue weighted by molar-refractivity contribution is 7.97. The highest BCUT2D eigenvalue weighted by Gasteiger charge is 2.37. The van der Waals surface area contributed by atoms with Crippen molar-refractivity contribution in [2.24, 2.45) is 0 Å². The first-order valence-electron chi connectivity index (χ1n) is 15.8. The van der Waals surface area contributed by atoms with Gasteiger partial charge in [0.2, 0.25) is 0 Å². The van der Waals surface area contributed by atoms with E-state index in [0.717, 1.165) is 39.3 Å². The second-order valence-corrected chi connectivity index (χ2v) is 14.5. The van der Waals surface area contributed by atoms with Crippen molar-refractivity contribution in [1.29, 1.82) is 0 Å². The molecule has 0 radical (unpaired) electrons. The maximum absolute atomic E-state index is 15.2. The summed E-state index contributed by atoms with van der Waals surface area (Å²) in [7, 11) is 4.65. The Morgan fingerprint density at radius 1 is 0.510 bits per heavy atom. The van der Waals surface area contributed by atoms with Crippen LogP contribution in [0.15, 0.2) is 60.2 Å². The summed E-state index contributed by atoms with van der Waals surface area (Å²) in [4.78, 5) is 0. The fourth-order valence-electron chi connectivity index (χ4n) is 6.42. The van der Waals surface area contributed by atoms with Gasteiger partial charge in [-0.3, -0.25) is 0 Å². The Morgan fingerprint density at radius 2 is 0.745 bits per heavy atom. The van der Waals surface area contributed by atoms with E-state index in [1.165, 1.54) is 35.7 Å². The minimum absolute atomic E-state index is 0.516. The van der Waals surface area contributed by atoms with E-state index >= 15 is 35.1 Å². The third kappa shape index (κ3) is 8.11. The van der Waals surface area contributed by atoms with Gasteiger partial charge in [-0.15, -0.1) is 0 Å². The molecule has 0 aromatic heterocycles. The van der Waals surface area contributed by atoms with Crippen molar-refractivity contribution in [2.75, 3.05) is 45.7 Å². The van der Waals surface area contributed by atoms with Crippen LogP contribution in [0.3, 0.4) is 0 Å². The van der Waals surface area contributed by atoms with Crippen molar-refractivity contribution in [3.05, 3.63) is 107 Å². The Kier molecular flexibility index (Phi) is 13.0. The van der Waals surface area contributed by atoms with E-state index in [1.54, 1.807) is 0 Å². The monoisotopic (exact) mass is 740 g/mol. The number of hydrogen-bond acceptors (Lipinski definition) is 4. The summed E-state index contributed by atoms with van der Waals surface area (Å²) in [5.74, 6) is -9.67. The number of hydrogen-bond donors (Lipinski definition) is 0. The first kappa shape index (κ1) is 39.5. The molecule has 0 saturated carbocycles. The zero-order valence-electron chi connectivity index (χ0n) is 28.9. The zero-order valence-corrected chi connectivity index (χ0v) is 29.7. The molecule has 0 amide bonds. The van der Waals surface area contributed by atoms with Crippen molar-refractivity contribution < 1.29 is 54.1 Å². The quantitative estimate of drug-likeness (QED) is 0.0798. The summed E-state index contributed by atoms with van der Waals surface area (Å²) >= 11 is 0. The van der Waals surface area contributed by atoms with E-state index in [2.05, 4.69) is 19.9 Å². The molecular weight excluding hydrogens is 703 g/mol. The molecule has 1 fully saturated rings. The lowest BCUT2D eigenvalue weighted by atomic mass is 9.13. The highest BCUT2D eigenvalue weighted by Crippen LogP contribution is 2.28. The van der Waals surface area contributed by atoms with E-state index in [4.69, 9.17) is 18.9 Å². The molecule has 5 rings (SSSR count). The summed E-state index contributed by atoms with van der Waals surface area (Å²) in [5.41, 5.74) is -0.579. The number of allylic oxidation sites excluding steroid dienone is 1. The van der Waals surface area contributed by atoms with Crippen LogP contribution < -0.4 is 40.8 Å². The maximum Gasteiger partial charge on any atom is 0.190 e. The van der Waals surface area contributed by atoms with E-state index < -0.39 is 97.5 Å². The summed E-state index contributed by atoms with van der Waals surface area (Å²) < 4.78 is 140. The van der Waals surface area contributed by atoms with E-state index in [1.807, 2.05) is 0 Å². The van der Waals surface area contributed by atoms with Crippen LogP contribution in [0.1, 0.15) is 26.7 Å². The molecule has 0 atom stereocenters. The molecule has 4 nitrogen and oxygen atoms in total. The molecule has 0 spiro atoms. The van der Waals surface area contributed by atoms with Gasteiger partial charge in [0.05, 0.1) is 28.4 Å². The van der Waals surface area contributed by atoms with Crippen molar-refractivity contribution >= 4 is 38.9 Å². The number of halogens is 8. The lowest BCUT2D eigenvalue weighted by Crippen LogP contribution is -2.75. The molecule has 1 aliphatic heterocycles. The SMILES string of the molecule is CC(C)=CC[S+]1CCCC1.COc1c(F)cc([B-](c2cc(F)c(OC)c(F)c2)(c2cc(F)c(OC)c(F)c2)c2cc(F)c(OC)c(F)c2)cc1F. The summed E-state index contributed by atoms with van der Waals surface area (Å²) in [5, 5.41) is 0. The topological polar surface area (TPSA) is 36.9 Å². The Morgan fingerprint density at radius 3 is 0.941 bits per heavy atom. The molecule has 0 bridgehead atoms. The molecule has 0 aliphatic carbocycles. The standard InChI is InChI=1S/C28H20BF8O4.C9H17S/c1-38-25-17(30)5-13(6-18(25)31)29(14-7-19(32)26(39-2)20(33)8-14,15-9-21(34)27(40-3)22(35)10-15)16-11-23(36)28(41-4)24(37)12-16;1-9(2)5-8-10-6-3-4-7-10/h5-12H,1-4H3;5H,3-4,6-8H2,1-2H3/q-1;+1. The molecule has 0 N–H and O–H groups in total. The largest absolute Gasteiger partial charge is 0.491 e. The van der Waals surface area contributed by atoms with Gasteiger partial charge in [-0.05, 0) is 43.7 Å². The fraction of sp³-hybridized carbons (Fsp3) is 0.297. The number of benzene rings is 4. The minimum Gasteiger partial charge on any atom is -0.491 e. The molecule has 51 heavy (non-hydrogen) atoms. The lowest BCUT2D eigenvalue weighted by Gasteiger charge is -2.44. The number of methoxy groups -OCH3 is 4. The normalized spacial score (nSPS) is 13.0. The second-order valence-electron chi connectivity index (χ2n) is 12.1. The van der Waals surface area contributed by atoms with E-state index in [-0.39, 0.29) is 0 Å². The molecule has 1 heterocycles. The van der Waals surface area contributed by atoms with Gasteiger partial charge in [-0.2, -0.15) is 21.9 Å². The van der Waals surface area contributed by atoms with Crippen LogP contribution in [0.2, 0.25) is 0 Å². The van der Waals surface area contributed by atoms with Gasteiger partial charge in [0.25, 0.3) is 0 Å². The number of rotatable bonds is 10. The molecule has 1 saturated heterocycles. The first-order chi connectivity index (χ1) is 24.2. The minimum atomic E-state index is -3.59. The molecule has 14 heteroatoms. The van der Waals surface area contributed by atoms with Gasteiger partial charge in [0, 0.05) is 0 Å². The average molecular weight is 741 g/mol. The van der Waals surface area contributed by atoms with Gasteiger partial charge in [0.15, 0.2) is 69.5 Å². The van der Waals surface area contributed by atoms with Crippen LogP contribution in [0.4, 0.5) is 35.1 Å². The average Bonchev–Trinajstić information content (AvgIpc) is 3.58. The van der Waals surface area contributed by atoms with Crippen LogP contribution in [-0.2, 0) is 10.9 Å². The summed E-state index contributed by atoms with van der Waals surface area (Å²) in [6.07, 6.45) is 1.77. The Bertz CT molecular complexity index is 1580. The Balaban J connectivity index is 0.000000502. The lowest BCUT2D eigenvalue weighted by molar-refractivity contribution is 0.360.